The average molecular weight is 262 g/mol. The van der Waals surface area contributed by atoms with Gasteiger partial charge in [0.1, 0.15) is 11.4 Å². The van der Waals surface area contributed by atoms with Gasteiger partial charge >= 0.3 is 0 Å². The van der Waals surface area contributed by atoms with Crippen LogP contribution in [0.5, 0.6) is 5.75 Å². The van der Waals surface area contributed by atoms with Gasteiger partial charge < -0.3 is 14.4 Å². The summed E-state index contributed by atoms with van der Waals surface area (Å²) < 4.78 is 10.7. The molecule has 0 aliphatic rings. The number of nitrogens with zero attached hydrogens (tertiary/aromatic N) is 2. The SMILES string of the molecule is CCC(C)(OC)c1noc(-c2cccc(O)c2C)n1. The number of hydrogen-bond donors (Lipinski definition) is 1. The van der Waals surface area contributed by atoms with Gasteiger partial charge in [0, 0.05) is 18.2 Å². The predicted octanol–water partition coefficient (Wildman–Crippen LogP) is 3.02. The number of aromatic hydroxyl groups is 1. The fraction of sp³-hybridized carbons (Fsp3) is 0.429. The molecule has 0 saturated carbocycles. The summed E-state index contributed by atoms with van der Waals surface area (Å²) in [6.07, 6.45) is 0.738. The van der Waals surface area contributed by atoms with Crippen LogP contribution in [0.4, 0.5) is 0 Å². The molecule has 1 atom stereocenters. The van der Waals surface area contributed by atoms with Crippen molar-refractivity contribution in [3.63, 3.8) is 0 Å². The van der Waals surface area contributed by atoms with Crippen molar-refractivity contribution in [3.05, 3.63) is 29.6 Å². The van der Waals surface area contributed by atoms with Gasteiger partial charge in [-0.1, -0.05) is 18.1 Å². The molecule has 2 aromatic rings. The topological polar surface area (TPSA) is 68.4 Å². The number of aromatic nitrogens is 2. The van der Waals surface area contributed by atoms with Crippen LogP contribution >= 0.6 is 0 Å². The van der Waals surface area contributed by atoms with Crippen molar-refractivity contribution in [3.8, 4) is 17.2 Å². The molecule has 19 heavy (non-hydrogen) atoms. The van der Waals surface area contributed by atoms with Crippen molar-refractivity contribution in [2.45, 2.75) is 32.8 Å². The average Bonchev–Trinajstić information content (AvgIpc) is 2.91. The molecule has 0 radical (unpaired) electrons. The fourth-order valence-corrected chi connectivity index (χ4v) is 1.80. The monoisotopic (exact) mass is 262 g/mol. The van der Waals surface area contributed by atoms with Gasteiger partial charge in [0.2, 0.25) is 5.82 Å². The number of phenolic OH excluding ortho intramolecular Hbond substituents is 1. The first-order chi connectivity index (χ1) is 9.01. The Morgan fingerprint density at radius 1 is 1.42 bits per heavy atom. The Bertz CT molecular complexity index is 574. The zero-order chi connectivity index (χ0) is 14.0. The minimum Gasteiger partial charge on any atom is -0.508 e. The third-order valence-corrected chi connectivity index (χ3v) is 3.56. The Morgan fingerprint density at radius 3 is 2.79 bits per heavy atom. The molecular weight excluding hydrogens is 244 g/mol. The van der Waals surface area contributed by atoms with Gasteiger partial charge in [-0.2, -0.15) is 4.98 Å². The Morgan fingerprint density at radius 2 is 2.16 bits per heavy atom. The third-order valence-electron chi connectivity index (χ3n) is 3.56. The summed E-state index contributed by atoms with van der Waals surface area (Å²) in [7, 11) is 1.62. The lowest BCUT2D eigenvalue weighted by molar-refractivity contribution is -0.0106. The highest BCUT2D eigenvalue weighted by Gasteiger charge is 2.30. The highest BCUT2D eigenvalue weighted by Crippen LogP contribution is 2.31. The van der Waals surface area contributed by atoms with Gasteiger partial charge in [-0.05, 0) is 32.4 Å². The lowest BCUT2D eigenvalue weighted by Crippen LogP contribution is -2.24. The van der Waals surface area contributed by atoms with Crippen LogP contribution in [0.3, 0.4) is 0 Å². The zero-order valence-electron chi connectivity index (χ0n) is 11.6. The molecule has 0 saturated heterocycles. The number of ether oxygens (including phenoxy) is 1. The molecule has 1 aromatic heterocycles. The van der Waals surface area contributed by atoms with Crippen molar-refractivity contribution >= 4 is 0 Å². The van der Waals surface area contributed by atoms with E-state index >= 15 is 0 Å². The highest BCUT2D eigenvalue weighted by molar-refractivity contribution is 5.61. The minimum absolute atomic E-state index is 0.210. The Kier molecular flexibility index (Phi) is 3.57. The fourth-order valence-electron chi connectivity index (χ4n) is 1.80. The molecule has 0 spiro atoms. The van der Waals surface area contributed by atoms with Gasteiger partial charge in [-0.25, -0.2) is 0 Å². The van der Waals surface area contributed by atoms with E-state index in [1.807, 2.05) is 26.8 Å². The van der Waals surface area contributed by atoms with Crippen molar-refractivity contribution in [1.29, 1.82) is 0 Å². The first-order valence-electron chi connectivity index (χ1n) is 6.20. The van der Waals surface area contributed by atoms with Crippen LogP contribution in [0.25, 0.3) is 11.5 Å². The molecule has 1 aromatic carbocycles. The summed E-state index contributed by atoms with van der Waals surface area (Å²) >= 11 is 0. The lowest BCUT2D eigenvalue weighted by atomic mass is 10.0. The molecule has 0 fully saturated rings. The summed E-state index contributed by atoms with van der Waals surface area (Å²) in [6.45, 7) is 5.72. The largest absolute Gasteiger partial charge is 0.508 e. The molecule has 5 nitrogen and oxygen atoms in total. The van der Waals surface area contributed by atoms with Crippen LogP contribution in [0, 0.1) is 6.92 Å². The van der Waals surface area contributed by atoms with E-state index in [1.54, 1.807) is 19.2 Å². The van der Waals surface area contributed by atoms with Gasteiger partial charge in [0.15, 0.2) is 0 Å². The van der Waals surface area contributed by atoms with Crippen molar-refractivity contribution in [1.82, 2.24) is 10.1 Å². The van der Waals surface area contributed by atoms with E-state index in [9.17, 15) is 5.11 Å². The van der Waals surface area contributed by atoms with Crippen molar-refractivity contribution in [2.24, 2.45) is 0 Å². The Labute approximate surface area is 112 Å². The molecule has 0 aliphatic carbocycles. The van der Waals surface area contributed by atoms with E-state index in [-0.39, 0.29) is 5.75 Å². The van der Waals surface area contributed by atoms with Crippen LogP contribution < -0.4 is 0 Å². The molecule has 0 bridgehead atoms. The maximum Gasteiger partial charge on any atom is 0.258 e. The molecule has 1 heterocycles. The maximum atomic E-state index is 9.71. The lowest BCUT2D eigenvalue weighted by Gasteiger charge is -2.21. The van der Waals surface area contributed by atoms with Crippen molar-refractivity contribution in [2.75, 3.05) is 7.11 Å². The van der Waals surface area contributed by atoms with E-state index in [2.05, 4.69) is 10.1 Å². The van der Waals surface area contributed by atoms with Gasteiger partial charge in [0.05, 0.1) is 0 Å². The second-order valence-electron chi connectivity index (χ2n) is 4.66. The smallest absolute Gasteiger partial charge is 0.258 e. The Balaban J connectivity index is 2.44. The quantitative estimate of drug-likeness (QED) is 0.917. The molecule has 102 valence electrons. The second-order valence-corrected chi connectivity index (χ2v) is 4.66. The molecular formula is C14H18N2O3. The van der Waals surface area contributed by atoms with Crippen molar-refractivity contribution < 1.29 is 14.4 Å². The molecule has 0 aliphatic heterocycles. The Hall–Kier alpha value is -1.88. The molecule has 1 unspecified atom stereocenters. The third kappa shape index (κ3) is 2.33. The number of benzene rings is 1. The molecule has 1 N–H and O–H groups in total. The van der Waals surface area contributed by atoms with E-state index in [0.29, 0.717) is 17.3 Å². The maximum absolute atomic E-state index is 9.71. The van der Waals surface area contributed by atoms with Crippen LogP contribution in [-0.2, 0) is 10.3 Å². The van der Waals surface area contributed by atoms with Gasteiger partial charge in [0.25, 0.3) is 5.89 Å². The van der Waals surface area contributed by atoms with Crippen LogP contribution in [0.1, 0.15) is 31.7 Å². The van der Waals surface area contributed by atoms with Crippen LogP contribution in [0.2, 0.25) is 0 Å². The molecule has 0 amide bonds. The standard InChI is InChI=1S/C14H18N2O3/c1-5-14(3,18-4)13-15-12(19-16-13)10-7-6-8-11(17)9(10)2/h6-8,17H,5H2,1-4H3. The highest BCUT2D eigenvalue weighted by atomic mass is 16.5. The summed E-state index contributed by atoms with van der Waals surface area (Å²) in [6, 6.07) is 5.21. The van der Waals surface area contributed by atoms with Gasteiger partial charge in [-0.15, -0.1) is 0 Å². The number of methoxy groups -OCH3 is 1. The zero-order valence-corrected chi connectivity index (χ0v) is 11.6. The summed E-state index contributed by atoms with van der Waals surface area (Å²) in [5.41, 5.74) is 0.883. The van der Waals surface area contributed by atoms with Gasteiger partial charge in [-0.3, -0.25) is 0 Å². The molecule has 5 heteroatoms. The number of hydrogen-bond acceptors (Lipinski definition) is 5. The second kappa shape index (κ2) is 5.01. The predicted molar refractivity (Wildman–Crippen MR) is 70.8 cm³/mol. The van der Waals surface area contributed by atoms with E-state index in [0.717, 1.165) is 12.0 Å². The van der Waals surface area contributed by atoms with E-state index in [1.165, 1.54) is 0 Å². The summed E-state index contributed by atoms with van der Waals surface area (Å²) in [4.78, 5) is 4.38. The normalized spacial score (nSPS) is 14.3. The van der Waals surface area contributed by atoms with Crippen LogP contribution in [0.15, 0.2) is 22.7 Å². The van der Waals surface area contributed by atoms with E-state index in [4.69, 9.17) is 9.26 Å². The van der Waals surface area contributed by atoms with Crippen LogP contribution in [-0.4, -0.2) is 22.4 Å². The minimum atomic E-state index is -0.563. The number of rotatable bonds is 4. The first kappa shape index (κ1) is 13.5. The first-order valence-corrected chi connectivity index (χ1v) is 6.20. The number of phenols is 1. The van der Waals surface area contributed by atoms with E-state index < -0.39 is 5.60 Å². The molecule has 2 rings (SSSR count). The summed E-state index contributed by atoms with van der Waals surface area (Å²) in [5, 5.41) is 13.7. The summed E-state index contributed by atoms with van der Waals surface area (Å²) in [5.74, 6) is 1.11.